The van der Waals surface area contributed by atoms with Crippen LogP contribution >= 0.6 is 0 Å². The van der Waals surface area contributed by atoms with E-state index in [9.17, 15) is 4.79 Å². The molecule has 1 N–H and O–H groups in total. The molecule has 1 aliphatic heterocycles. The van der Waals surface area contributed by atoms with Crippen molar-refractivity contribution in [2.24, 2.45) is 5.41 Å². The van der Waals surface area contributed by atoms with Crippen LogP contribution in [0.4, 0.5) is 0 Å². The van der Waals surface area contributed by atoms with Crippen LogP contribution in [0.1, 0.15) is 26.2 Å². The minimum Gasteiger partial charge on any atom is -0.463 e. The summed E-state index contributed by atoms with van der Waals surface area (Å²) in [6.07, 6.45) is 2.77. The summed E-state index contributed by atoms with van der Waals surface area (Å²) in [6, 6.07) is 0. The smallest absolute Gasteiger partial charge is 0.313 e. The Bertz CT molecular complexity index is 239. The molecule has 5 heteroatoms. The monoisotopic (exact) mass is 259 g/mol. The molecule has 0 aliphatic carbocycles. The lowest BCUT2D eigenvalue weighted by atomic mass is 9.78. The lowest BCUT2D eigenvalue weighted by Gasteiger charge is -2.34. The maximum atomic E-state index is 12.1. The zero-order valence-corrected chi connectivity index (χ0v) is 11.5. The number of piperidine rings is 1. The van der Waals surface area contributed by atoms with Crippen LogP contribution in [0.3, 0.4) is 0 Å². The van der Waals surface area contributed by atoms with Crippen molar-refractivity contribution in [3.8, 4) is 0 Å². The minimum absolute atomic E-state index is 0.0902. The predicted molar refractivity (Wildman–Crippen MR) is 68.5 cm³/mol. The average Bonchev–Trinajstić information content (AvgIpc) is 2.43. The first-order chi connectivity index (χ1) is 8.75. The van der Waals surface area contributed by atoms with Crippen LogP contribution < -0.4 is 5.32 Å². The second-order valence-corrected chi connectivity index (χ2v) is 4.66. The van der Waals surface area contributed by atoms with Gasteiger partial charge in [-0.1, -0.05) is 6.92 Å². The zero-order chi connectivity index (χ0) is 13.3. The van der Waals surface area contributed by atoms with Gasteiger partial charge in [0.15, 0.2) is 0 Å². The largest absolute Gasteiger partial charge is 0.463 e. The summed E-state index contributed by atoms with van der Waals surface area (Å²) in [5.74, 6) is -0.0902. The average molecular weight is 259 g/mol. The Morgan fingerprint density at radius 3 is 2.67 bits per heavy atom. The Hall–Kier alpha value is -0.650. The molecule has 1 fully saturated rings. The van der Waals surface area contributed by atoms with E-state index in [0.717, 1.165) is 32.4 Å². The van der Waals surface area contributed by atoms with Crippen molar-refractivity contribution in [2.45, 2.75) is 26.2 Å². The molecule has 106 valence electrons. The fourth-order valence-electron chi connectivity index (χ4n) is 2.18. The number of hydrogen-bond donors (Lipinski definition) is 1. The Kier molecular flexibility index (Phi) is 7.23. The number of ether oxygens (including phenoxy) is 3. The molecule has 0 aromatic heterocycles. The summed E-state index contributed by atoms with van der Waals surface area (Å²) >= 11 is 0. The van der Waals surface area contributed by atoms with Gasteiger partial charge in [0, 0.05) is 13.7 Å². The van der Waals surface area contributed by atoms with Gasteiger partial charge in [0.25, 0.3) is 0 Å². The van der Waals surface area contributed by atoms with E-state index in [2.05, 4.69) is 5.32 Å². The number of rotatable bonds is 8. The molecule has 1 saturated heterocycles. The first-order valence-electron chi connectivity index (χ1n) is 6.70. The summed E-state index contributed by atoms with van der Waals surface area (Å²) < 4.78 is 15.4. The third-order valence-corrected chi connectivity index (χ3v) is 3.47. The first-order valence-corrected chi connectivity index (χ1v) is 6.70. The molecule has 0 radical (unpaired) electrons. The van der Waals surface area contributed by atoms with Crippen molar-refractivity contribution in [1.29, 1.82) is 0 Å². The number of methoxy groups -OCH3 is 1. The zero-order valence-electron chi connectivity index (χ0n) is 11.5. The quantitative estimate of drug-likeness (QED) is 0.520. The van der Waals surface area contributed by atoms with E-state index in [4.69, 9.17) is 14.2 Å². The standard InChI is InChI=1S/C13H25NO4/c1-3-13(5-4-6-14-11-13)12(15)18-10-9-17-8-7-16-2/h14H,3-11H2,1-2H3. The van der Waals surface area contributed by atoms with Crippen LogP contribution in [0.5, 0.6) is 0 Å². The van der Waals surface area contributed by atoms with Gasteiger partial charge in [-0.05, 0) is 25.8 Å². The highest BCUT2D eigenvalue weighted by atomic mass is 16.6. The van der Waals surface area contributed by atoms with Gasteiger partial charge in [0.05, 0.1) is 25.2 Å². The van der Waals surface area contributed by atoms with Crippen LogP contribution in [0.25, 0.3) is 0 Å². The molecule has 0 aromatic carbocycles. The minimum atomic E-state index is -0.329. The normalized spacial score (nSPS) is 23.9. The number of carbonyl (C=O) groups is 1. The van der Waals surface area contributed by atoms with Crippen molar-refractivity contribution in [3.63, 3.8) is 0 Å². The second kappa shape index (κ2) is 8.45. The maximum absolute atomic E-state index is 12.1. The molecular weight excluding hydrogens is 234 g/mol. The van der Waals surface area contributed by atoms with E-state index in [-0.39, 0.29) is 11.4 Å². The van der Waals surface area contributed by atoms with Gasteiger partial charge in [-0.3, -0.25) is 4.79 Å². The van der Waals surface area contributed by atoms with E-state index in [1.54, 1.807) is 7.11 Å². The van der Waals surface area contributed by atoms with Crippen LogP contribution in [0, 0.1) is 5.41 Å². The molecule has 0 bridgehead atoms. The highest BCUT2D eigenvalue weighted by Crippen LogP contribution is 2.31. The van der Waals surface area contributed by atoms with Gasteiger partial charge in [-0.15, -0.1) is 0 Å². The molecule has 1 unspecified atom stereocenters. The van der Waals surface area contributed by atoms with Crippen molar-refractivity contribution in [1.82, 2.24) is 5.32 Å². The van der Waals surface area contributed by atoms with Gasteiger partial charge in [0.1, 0.15) is 6.61 Å². The van der Waals surface area contributed by atoms with Gasteiger partial charge >= 0.3 is 5.97 Å². The van der Waals surface area contributed by atoms with Gasteiger partial charge in [-0.25, -0.2) is 0 Å². The Morgan fingerprint density at radius 1 is 1.28 bits per heavy atom. The third-order valence-electron chi connectivity index (χ3n) is 3.47. The molecule has 0 spiro atoms. The second-order valence-electron chi connectivity index (χ2n) is 4.66. The van der Waals surface area contributed by atoms with Gasteiger partial charge < -0.3 is 19.5 Å². The lowest BCUT2D eigenvalue weighted by Crippen LogP contribution is -2.46. The molecule has 5 nitrogen and oxygen atoms in total. The summed E-state index contributed by atoms with van der Waals surface area (Å²) in [4.78, 5) is 12.1. The molecule has 1 heterocycles. The molecule has 1 rings (SSSR count). The summed E-state index contributed by atoms with van der Waals surface area (Å²) in [5.41, 5.74) is -0.329. The topological polar surface area (TPSA) is 56.8 Å². The van der Waals surface area contributed by atoms with Gasteiger partial charge in [0.2, 0.25) is 0 Å². The lowest BCUT2D eigenvalue weighted by molar-refractivity contribution is -0.159. The van der Waals surface area contributed by atoms with Crippen LogP contribution in [0.15, 0.2) is 0 Å². The molecule has 1 atom stereocenters. The highest BCUT2D eigenvalue weighted by Gasteiger charge is 2.39. The van der Waals surface area contributed by atoms with Crippen molar-refractivity contribution in [3.05, 3.63) is 0 Å². The fourth-order valence-corrected chi connectivity index (χ4v) is 2.18. The van der Waals surface area contributed by atoms with Crippen molar-refractivity contribution in [2.75, 3.05) is 46.6 Å². The number of nitrogens with one attached hydrogen (secondary N) is 1. The molecule has 0 aromatic rings. The summed E-state index contributed by atoms with van der Waals surface area (Å²) in [5, 5.41) is 3.28. The number of esters is 1. The Labute approximate surface area is 109 Å². The van der Waals surface area contributed by atoms with Crippen LogP contribution in [-0.2, 0) is 19.0 Å². The molecule has 0 saturated carbocycles. The number of carbonyl (C=O) groups excluding carboxylic acids is 1. The number of hydrogen-bond acceptors (Lipinski definition) is 5. The van der Waals surface area contributed by atoms with Crippen LogP contribution in [0.2, 0.25) is 0 Å². The van der Waals surface area contributed by atoms with Crippen molar-refractivity contribution < 1.29 is 19.0 Å². The fraction of sp³-hybridized carbons (Fsp3) is 0.923. The van der Waals surface area contributed by atoms with E-state index >= 15 is 0 Å². The Balaban J connectivity index is 2.21. The SMILES string of the molecule is CCC1(C(=O)OCCOCCOC)CCCNC1. The third kappa shape index (κ3) is 4.55. The Morgan fingerprint density at radius 2 is 2.06 bits per heavy atom. The van der Waals surface area contributed by atoms with Crippen molar-refractivity contribution >= 4 is 5.97 Å². The van der Waals surface area contributed by atoms with E-state index in [1.807, 2.05) is 6.92 Å². The first kappa shape index (κ1) is 15.4. The maximum Gasteiger partial charge on any atom is 0.313 e. The molecule has 0 amide bonds. The van der Waals surface area contributed by atoms with Gasteiger partial charge in [-0.2, -0.15) is 0 Å². The van der Waals surface area contributed by atoms with E-state index in [1.165, 1.54) is 0 Å². The molecule has 18 heavy (non-hydrogen) atoms. The summed E-state index contributed by atoms with van der Waals surface area (Å²) in [6.45, 7) is 5.63. The molecular formula is C13H25NO4. The van der Waals surface area contributed by atoms with Crippen LogP contribution in [-0.4, -0.2) is 52.6 Å². The summed E-state index contributed by atoms with van der Waals surface area (Å²) in [7, 11) is 1.63. The highest BCUT2D eigenvalue weighted by molar-refractivity contribution is 5.77. The van der Waals surface area contributed by atoms with E-state index in [0.29, 0.717) is 26.4 Å². The molecule has 1 aliphatic rings. The predicted octanol–water partition coefficient (Wildman–Crippen LogP) is 0.972. The van der Waals surface area contributed by atoms with E-state index < -0.39 is 0 Å².